The molecule has 0 saturated heterocycles. The van der Waals surface area contributed by atoms with E-state index in [-0.39, 0.29) is 24.7 Å². The van der Waals surface area contributed by atoms with Crippen LogP contribution >= 0.6 is 0 Å². The maximum absolute atomic E-state index is 13.6. The van der Waals surface area contributed by atoms with E-state index in [2.05, 4.69) is 10.6 Å². The minimum absolute atomic E-state index is 0.0648. The lowest BCUT2D eigenvalue weighted by Gasteiger charge is -2.20. The van der Waals surface area contributed by atoms with Crippen molar-refractivity contribution in [1.29, 1.82) is 0 Å². The van der Waals surface area contributed by atoms with Gasteiger partial charge in [0.15, 0.2) is 0 Å². The van der Waals surface area contributed by atoms with Crippen molar-refractivity contribution in [2.24, 2.45) is 0 Å². The summed E-state index contributed by atoms with van der Waals surface area (Å²) < 4.78 is 13.6. The molecule has 5 nitrogen and oxygen atoms in total. The predicted molar refractivity (Wildman–Crippen MR) is 94.5 cm³/mol. The first kappa shape index (κ1) is 18.4. The summed E-state index contributed by atoms with van der Waals surface area (Å²) in [7, 11) is 3.33. The van der Waals surface area contributed by atoms with Gasteiger partial charge in [-0.2, -0.15) is 0 Å². The summed E-state index contributed by atoms with van der Waals surface area (Å²) in [5, 5.41) is 5.50. The zero-order valence-corrected chi connectivity index (χ0v) is 14.3. The molecule has 1 atom stereocenters. The largest absolute Gasteiger partial charge is 0.349 e. The van der Waals surface area contributed by atoms with E-state index in [0.29, 0.717) is 5.56 Å². The van der Waals surface area contributed by atoms with E-state index in [0.717, 1.165) is 5.56 Å². The van der Waals surface area contributed by atoms with Gasteiger partial charge in [0.25, 0.3) is 0 Å². The summed E-state index contributed by atoms with van der Waals surface area (Å²) in [6.45, 7) is 0.230. The Morgan fingerprint density at radius 1 is 1.04 bits per heavy atom. The summed E-state index contributed by atoms with van der Waals surface area (Å²) in [6, 6.07) is 14.5. The fourth-order valence-corrected chi connectivity index (χ4v) is 2.38. The highest BCUT2D eigenvalue weighted by Crippen LogP contribution is 2.22. The van der Waals surface area contributed by atoms with Crippen LogP contribution in [0.1, 0.15) is 23.6 Å². The Kier molecular flexibility index (Phi) is 6.51. The van der Waals surface area contributed by atoms with Gasteiger partial charge in [-0.25, -0.2) is 9.18 Å². The zero-order chi connectivity index (χ0) is 18.2. The Hall–Kier alpha value is -2.89. The van der Waals surface area contributed by atoms with Gasteiger partial charge >= 0.3 is 6.03 Å². The van der Waals surface area contributed by atoms with Gasteiger partial charge in [-0.3, -0.25) is 4.79 Å². The lowest BCUT2D eigenvalue weighted by Crippen LogP contribution is -2.40. The summed E-state index contributed by atoms with van der Waals surface area (Å²) >= 11 is 0. The molecular weight excluding hydrogens is 321 g/mol. The van der Waals surface area contributed by atoms with E-state index in [1.165, 1.54) is 17.0 Å². The zero-order valence-electron chi connectivity index (χ0n) is 14.3. The number of carbonyl (C=O) groups excluding carboxylic acids is 2. The van der Waals surface area contributed by atoms with Crippen LogP contribution in [0.2, 0.25) is 0 Å². The minimum Gasteiger partial charge on any atom is -0.349 e. The Bertz CT molecular complexity index is 720. The standard InChI is InChI=1S/C19H22FN3O2/c1-23(2)17(24)11-12-21-19(25)22-18(14-7-4-3-5-8-14)15-9-6-10-16(20)13-15/h3-10,13,18H,11-12H2,1-2H3,(H2,21,22,25). The van der Waals surface area contributed by atoms with Crippen LogP contribution in [0.5, 0.6) is 0 Å². The van der Waals surface area contributed by atoms with Gasteiger partial charge in [-0.1, -0.05) is 42.5 Å². The summed E-state index contributed by atoms with van der Waals surface area (Å²) in [5.41, 5.74) is 1.48. The lowest BCUT2D eigenvalue weighted by atomic mass is 9.99. The number of amides is 3. The minimum atomic E-state index is -0.485. The van der Waals surface area contributed by atoms with Crippen LogP contribution in [0.3, 0.4) is 0 Å². The molecule has 25 heavy (non-hydrogen) atoms. The molecule has 2 N–H and O–H groups in total. The van der Waals surface area contributed by atoms with Crippen molar-refractivity contribution in [2.45, 2.75) is 12.5 Å². The van der Waals surface area contributed by atoms with E-state index in [9.17, 15) is 14.0 Å². The van der Waals surface area contributed by atoms with E-state index in [1.54, 1.807) is 26.2 Å². The van der Waals surface area contributed by atoms with Crippen molar-refractivity contribution in [1.82, 2.24) is 15.5 Å². The van der Waals surface area contributed by atoms with Crippen molar-refractivity contribution >= 4 is 11.9 Å². The third-order valence-electron chi connectivity index (χ3n) is 3.71. The fourth-order valence-electron chi connectivity index (χ4n) is 2.38. The van der Waals surface area contributed by atoms with Gasteiger partial charge in [0.05, 0.1) is 6.04 Å². The molecule has 0 heterocycles. The number of nitrogens with one attached hydrogen (secondary N) is 2. The number of hydrogen-bond acceptors (Lipinski definition) is 2. The first-order valence-corrected chi connectivity index (χ1v) is 8.02. The molecule has 0 spiro atoms. The molecule has 0 aliphatic carbocycles. The summed E-state index contributed by atoms with van der Waals surface area (Å²) in [5.74, 6) is -0.428. The molecule has 2 aromatic rings. The molecule has 1 unspecified atom stereocenters. The molecule has 2 rings (SSSR count). The predicted octanol–water partition coefficient (Wildman–Crippen LogP) is 2.69. The first-order chi connectivity index (χ1) is 12.0. The molecule has 0 aliphatic heterocycles. The molecule has 0 aliphatic rings. The monoisotopic (exact) mass is 343 g/mol. The SMILES string of the molecule is CN(C)C(=O)CCNC(=O)NC(c1ccccc1)c1cccc(F)c1. The molecule has 0 fully saturated rings. The van der Waals surface area contributed by atoms with Crippen LogP contribution in [0.15, 0.2) is 54.6 Å². The Morgan fingerprint density at radius 2 is 1.72 bits per heavy atom. The average Bonchev–Trinajstić information content (AvgIpc) is 2.60. The maximum atomic E-state index is 13.6. The fraction of sp³-hybridized carbons (Fsp3) is 0.263. The highest BCUT2D eigenvalue weighted by molar-refractivity contribution is 5.78. The first-order valence-electron chi connectivity index (χ1n) is 8.02. The van der Waals surface area contributed by atoms with E-state index in [1.807, 2.05) is 30.3 Å². The summed E-state index contributed by atoms with van der Waals surface area (Å²) in [6.07, 6.45) is 0.219. The van der Waals surface area contributed by atoms with Crippen LogP contribution in [-0.2, 0) is 4.79 Å². The highest BCUT2D eigenvalue weighted by Gasteiger charge is 2.17. The molecule has 3 amide bonds. The van der Waals surface area contributed by atoms with Crippen molar-refractivity contribution < 1.29 is 14.0 Å². The topological polar surface area (TPSA) is 61.4 Å². The second kappa shape index (κ2) is 8.82. The number of urea groups is 1. The molecule has 0 aromatic heterocycles. The average molecular weight is 343 g/mol. The number of carbonyl (C=O) groups is 2. The maximum Gasteiger partial charge on any atom is 0.315 e. The number of rotatable bonds is 6. The summed E-state index contributed by atoms with van der Waals surface area (Å²) in [4.78, 5) is 25.2. The molecule has 0 saturated carbocycles. The number of nitrogens with zero attached hydrogens (tertiary/aromatic N) is 1. The highest BCUT2D eigenvalue weighted by atomic mass is 19.1. The normalized spacial score (nSPS) is 11.5. The van der Waals surface area contributed by atoms with Gasteiger partial charge in [0, 0.05) is 27.1 Å². The Morgan fingerprint density at radius 3 is 2.36 bits per heavy atom. The van der Waals surface area contributed by atoms with Crippen LogP contribution in [-0.4, -0.2) is 37.5 Å². The van der Waals surface area contributed by atoms with Crippen LogP contribution in [0, 0.1) is 5.82 Å². The van der Waals surface area contributed by atoms with Gasteiger partial charge in [0.2, 0.25) is 5.91 Å². The van der Waals surface area contributed by atoms with Crippen molar-refractivity contribution in [3.63, 3.8) is 0 Å². The van der Waals surface area contributed by atoms with E-state index in [4.69, 9.17) is 0 Å². The van der Waals surface area contributed by atoms with E-state index < -0.39 is 12.1 Å². The molecular formula is C19H22FN3O2. The third-order valence-corrected chi connectivity index (χ3v) is 3.71. The van der Waals surface area contributed by atoms with Crippen molar-refractivity contribution in [2.75, 3.05) is 20.6 Å². The van der Waals surface area contributed by atoms with Crippen LogP contribution in [0.4, 0.5) is 9.18 Å². The molecule has 2 aromatic carbocycles. The molecule has 6 heteroatoms. The molecule has 0 bridgehead atoms. The van der Waals surface area contributed by atoms with Crippen molar-refractivity contribution in [3.8, 4) is 0 Å². The Labute approximate surface area is 146 Å². The van der Waals surface area contributed by atoms with E-state index >= 15 is 0 Å². The quantitative estimate of drug-likeness (QED) is 0.847. The van der Waals surface area contributed by atoms with Gasteiger partial charge in [-0.15, -0.1) is 0 Å². The second-order valence-electron chi connectivity index (χ2n) is 5.84. The molecule has 0 radical (unpaired) electrons. The number of hydrogen-bond donors (Lipinski definition) is 2. The lowest BCUT2D eigenvalue weighted by molar-refractivity contribution is -0.128. The van der Waals surface area contributed by atoms with Crippen LogP contribution < -0.4 is 10.6 Å². The van der Waals surface area contributed by atoms with Crippen molar-refractivity contribution in [3.05, 3.63) is 71.5 Å². The number of benzene rings is 2. The Balaban J connectivity index is 2.06. The van der Waals surface area contributed by atoms with Gasteiger partial charge < -0.3 is 15.5 Å². The smallest absolute Gasteiger partial charge is 0.315 e. The second-order valence-corrected chi connectivity index (χ2v) is 5.84. The van der Waals surface area contributed by atoms with Gasteiger partial charge in [0.1, 0.15) is 5.82 Å². The molecule has 132 valence electrons. The van der Waals surface area contributed by atoms with Crippen LogP contribution in [0.25, 0.3) is 0 Å². The number of halogens is 1. The van der Waals surface area contributed by atoms with Gasteiger partial charge in [-0.05, 0) is 23.3 Å². The third kappa shape index (κ3) is 5.60.